The van der Waals surface area contributed by atoms with Crippen molar-refractivity contribution < 1.29 is 17.6 Å². The van der Waals surface area contributed by atoms with Crippen LogP contribution in [0.3, 0.4) is 0 Å². The van der Waals surface area contributed by atoms with Crippen molar-refractivity contribution in [3.63, 3.8) is 0 Å². The number of alkyl halides is 3. The quantitative estimate of drug-likeness (QED) is 0.714. The van der Waals surface area contributed by atoms with Crippen molar-refractivity contribution in [1.29, 1.82) is 0 Å². The third-order valence-electron chi connectivity index (χ3n) is 2.68. The molecular formula is C12H10F4N2. The number of rotatable bonds is 1. The molecule has 1 aromatic heterocycles. The van der Waals surface area contributed by atoms with Crippen LogP contribution in [0.2, 0.25) is 0 Å². The van der Waals surface area contributed by atoms with Crippen molar-refractivity contribution in [2.24, 2.45) is 0 Å². The minimum Gasteiger partial charge on any atom is -0.293 e. The van der Waals surface area contributed by atoms with Gasteiger partial charge >= 0.3 is 6.18 Å². The lowest BCUT2D eigenvalue weighted by molar-refractivity contribution is -0.146. The fourth-order valence-electron chi connectivity index (χ4n) is 1.71. The van der Waals surface area contributed by atoms with Gasteiger partial charge in [0.25, 0.3) is 0 Å². The Hall–Kier alpha value is -1.85. The molecule has 0 bridgehead atoms. The van der Waals surface area contributed by atoms with Crippen LogP contribution in [0.15, 0.2) is 24.3 Å². The van der Waals surface area contributed by atoms with E-state index in [1.807, 2.05) is 0 Å². The van der Waals surface area contributed by atoms with Gasteiger partial charge in [-0.05, 0) is 38.1 Å². The molecule has 2 rings (SSSR count). The van der Waals surface area contributed by atoms with Gasteiger partial charge in [0.1, 0.15) is 5.82 Å². The first kappa shape index (κ1) is 12.6. The summed E-state index contributed by atoms with van der Waals surface area (Å²) in [6, 6.07) is 4.81. The third-order valence-corrected chi connectivity index (χ3v) is 2.68. The van der Waals surface area contributed by atoms with Crippen LogP contribution in [0, 0.1) is 19.7 Å². The van der Waals surface area contributed by atoms with Crippen LogP contribution in [0.1, 0.15) is 17.2 Å². The second-order valence-electron chi connectivity index (χ2n) is 3.92. The van der Waals surface area contributed by atoms with Crippen LogP contribution >= 0.6 is 0 Å². The standard InChI is InChI=1S/C12H10F4N2/c1-7-8(2)18(11(17-7)12(14,15)16)10-5-3-9(13)4-6-10/h3-6H,1-2H3. The van der Waals surface area contributed by atoms with Crippen molar-refractivity contribution >= 4 is 0 Å². The van der Waals surface area contributed by atoms with E-state index in [0.29, 0.717) is 11.4 Å². The lowest BCUT2D eigenvalue weighted by atomic mass is 10.3. The average Bonchev–Trinajstić information content (AvgIpc) is 2.57. The van der Waals surface area contributed by atoms with Crippen molar-refractivity contribution in [2.75, 3.05) is 0 Å². The van der Waals surface area contributed by atoms with Crippen molar-refractivity contribution in [1.82, 2.24) is 9.55 Å². The highest BCUT2D eigenvalue weighted by Gasteiger charge is 2.38. The van der Waals surface area contributed by atoms with E-state index in [-0.39, 0.29) is 5.69 Å². The molecule has 0 amide bonds. The maximum Gasteiger partial charge on any atom is 0.450 e. The number of imidazole rings is 1. The fourth-order valence-corrected chi connectivity index (χ4v) is 1.71. The SMILES string of the molecule is Cc1nc(C(F)(F)F)n(-c2ccc(F)cc2)c1C. The lowest BCUT2D eigenvalue weighted by Crippen LogP contribution is -2.14. The fraction of sp³-hybridized carbons (Fsp3) is 0.250. The number of hydrogen-bond acceptors (Lipinski definition) is 1. The highest BCUT2D eigenvalue weighted by molar-refractivity contribution is 5.38. The molecule has 1 heterocycles. The highest BCUT2D eigenvalue weighted by Crippen LogP contribution is 2.32. The van der Waals surface area contributed by atoms with Gasteiger partial charge in [0.05, 0.1) is 5.69 Å². The molecule has 0 aliphatic rings. The van der Waals surface area contributed by atoms with Gasteiger partial charge in [-0.3, -0.25) is 4.57 Å². The molecule has 2 aromatic rings. The molecule has 0 unspecified atom stereocenters. The Morgan fingerprint density at radius 2 is 1.61 bits per heavy atom. The maximum absolute atomic E-state index is 12.8. The largest absolute Gasteiger partial charge is 0.450 e. The predicted molar refractivity (Wildman–Crippen MR) is 58.0 cm³/mol. The van der Waals surface area contributed by atoms with Crippen LogP contribution in [-0.2, 0) is 6.18 Å². The Kier molecular flexibility index (Phi) is 2.88. The van der Waals surface area contributed by atoms with E-state index >= 15 is 0 Å². The molecule has 1 aromatic carbocycles. The predicted octanol–water partition coefficient (Wildman–Crippen LogP) is 3.65. The smallest absolute Gasteiger partial charge is 0.293 e. The highest BCUT2D eigenvalue weighted by atomic mass is 19.4. The van der Waals surface area contributed by atoms with Crippen molar-refractivity contribution in [3.8, 4) is 5.69 Å². The molecule has 96 valence electrons. The second kappa shape index (κ2) is 4.12. The summed E-state index contributed by atoms with van der Waals surface area (Å²) in [6.45, 7) is 3.05. The topological polar surface area (TPSA) is 17.8 Å². The monoisotopic (exact) mass is 258 g/mol. The van der Waals surface area contributed by atoms with Gasteiger partial charge in [0.2, 0.25) is 5.82 Å². The van der Waals surface area contributed by atoms with E-state index in [9.17, 15) is 17.6 Å². The molecule has 0 N–H and O–H groups in total. The Labute approximate surface area is 101 Å². The van der Waals surface area contributed by atoms with Gasteiger partial charge in [-0.15, -0.1) is 0 Å². The lowest BCUT2D eigenvalue weighted by Gasteiger charge is -2.12. The van der Waals surface area contributed by atoms with Crippen LogP contribution in [0.4, 0.5) is 17.6 Å². The number of halogens is 4. The molecule has 0 fully saturated rings. The Bertz CT molecular complexity index is 567. The number of benzene rings is 1. The summed E-state index contributed by atoms with van der Waals surface area (Å²) in [5, 5.41) is 0. The zero-order valence-corrected chi connectivity index (χ0v) is 9.72. The molecule has 0 radical (unpaired) electrons. The summed E-state index contributed by atoms with van der Waals surface area (Å²) in [4.78, 5) is 3.52. The summed E-state index contributed by atoms with van der Waals surface area (Å²) in [5.74, 6) is -1.49. The number of aryl methyl sites for hydroxylation is 1. The first-order valence-corrected chi connectivity index (χ1v) is 5.20. The Morgan fingerprint density at radius 3 is 2.11 bits per heavy atom. The van der Waals surface area contributed by atoms with Gasteiger partial charge in [0.15, 0.2) is 0 Å². The molecule has 0 atom stereocenters. The number of hydrogen-bond donors (Lipinski definition) is 0. The number of aromatic nitrogens is 2. The summed E-state index contributed by atoms with van der Waals surface area (Å²) >= 11 is 0. The molecular weight excluding hydrogens is 248 g/mol. The van der Waals surface area contributed by atoms with Crippen molar-refractivity contribution in [2.45, 2.75) is 20.0 Å². The van der Waals surface area contributed by atoms with Gasteiger partial charge in [-0.25, -0.2) is 9.37 Å². The van der Waals surface area contributed by atoms with E-state index in [0.717, 1.165) is 16.7 Å². The zero-order chi connectivity index (χ0) is 13.5. The summed E-state index contributed by atoms with van der Waals surface area (Å²) in [5.41, 5.74) is 0.919. The summed E-state index contributed by atoms with van der Waals surface area (Å²) < 4.78 is 52.3. The minimum atomic E-state index is -4.55. The van der Waals surface area contributed by atoms with E-state index in [1.54, 1.807) is 6.92 Å². The molecule has 2 nitrogen and oxygen atoms in total. The molecule has 0 saturated heterocycles. The summed E-state index contributed by atoms with van der Waals surface area (Å²) in [7, 11) is 0. The van der Waals surface area contributed by atoms with Crippen LogP contribution in [0.25, 0.3) is 5.69 Å². The third kappa shape index (κ3) is 2.10. The maximum atomic E-state index is 12.8. The van der Waals surface area contributed by atoms with Crippen molar-refractivity contribution in [3.05, 3.63) is 47.3 Å². The molecule has 0 aliphatic carbocycles. The van der Waals surface area contributed by atoms with E-state index in [4.69, 9.17) is 0 Å². The number of nitrogens with zero attached hydrogens (tertiary/aromatic N) is 2. The first-order chi connectivity index (χ1) is 8.30. The average molecular weight is 258 g/mol. The van der Waals surface area contributed by atoms with Gasteiger partial charge in [-0.1, -0.05) is 0 Å². The minimum absolute atomic E-state index is 0.238. The zero-order valence-electron chi connectivity index (χ0n) is 9.72. The van der Waals surface area contributed by atoms with Crippen LogP contribution in [0.5, 0.6) is 0 Å². The van der Waals surface area contributed by atoms with E-state index in [2.05, 4.69) is 4.98 Å². The molecule has 6 heteroatoms. The van der Waals surface area contributed by atoms with Crippen LogP contribution < -0.4 is 0 Å². The van der Waals surface area contributed by atoms with Gasteiger partial charge in [-0.2, -0.15) is 13.2 Å². The van der Waals surface area contributed by atoms with E-state index in [1.165, 1.54) is 19.1 Å². The molecule has 18 heavy (non-hydrogen) atoms. The van der Waals surface area contributed by atoms with Gasteiger partial charge in [0, 0.05) is 11.4 Å². The molecule has 0 aliphatic heterocycles. The molecule has 0 saturated carbocycles. The Morgan fingerprint density at radius 1 is 1.06 bits per heavy atom. The normalized spacial score (nSPS) is 11.9. The Balaban J connectivity index is 2.66. The first-order valence-electron chi connectivity index (χ1n) is 5.20. The van der Waals surface area contributed by atoms with E-state index < -0.39 is 17.8 Å². The van der Waals surface area contributed by atoms with Gasteiger partial charge < -0.3 is 0 Å². The van der Waals surface area contributed by atoms with Crippen LogP contribution in [-0.4, -0.2) is 9.55 Å². The second-order valence-corrected chi connectivity index (χ2v) is 3.92. The summed E-state index contributed by atoms with van der Waals surface area (Å²) in [6.07, 6.45) is -4.55. The molecule has 0 spiro atoms.